The summed E-state index contributed by atoms with van der Waals surface area (Å²) < 4.78 is 43.0. The van der Waals surface area contributed by atoms with Gasteiger partial charge in [0.2, 0.25) is 0 Å². The molecule has 1 unspecified atom stereocenters. The van der Waals surface area contributed by atoms with E-state index in [4.69, 9.17) is 0 Å². The molecule has 0 saturated carbocycles. The number of hydrogen-bond acceptors (Lipinski definition) is 3. The Bertz CT molecular complexity index is 537. The number of hydrogen-bond donors (Lipinski definition) is 2. The highest BCUT2D eigenvalue weighted by Gasteiger charge is 2.17. The van der Waals surface area contributed by atoms with Gasteiger partial charge in [0.05, 0.1) is 0 Å². The molecule has 8 heteroatoms. The maximum atomic E-state index is 13.9. The maximum Gasteiger partial charge on any atom is 0.387 e. The van der Waals surface area contributed by atoms with Crippen molar-refractivity contribution in [2.24, 2.45) is 4.99 Å². The molecule has 0 aromatic heterocycles. The lowest BCUT2D eigenvalue weighted by atomic mass is 10.2. The molecule has 1 saturated heterocycles. The van der Waals surface area contributed by atoms with E-state index in [0.29, 0.717) is 11.2 Å². The second-order valence-corrected chi connectivity index (χ2v) is 6.44. The van der Waals surface area contributed by atoms with Crippen LogP contribution in [0.25, 0.3) is 0 Å². The second kappa shape index (κ2) is 8.90. The van der Waals surface area contributed by atoms with Gasteiger partial charge in [-0.15, -0.1) is 0 Å². The molecule has 1 aromatic carbocycles. The van der Waals surface area contributed by atoms with Crippen molar-refractivity contribution < 1.29 is 17.9 Å². The molecule has 1 aromatic rings. The van der Waals surface area contributed by atoms with Gasteiger partial charge in [-0.2, -0.15) is 20.5 Å². The van der Waals surface area contributed by atoms with Gasteiger partial charge in [0, 0.05) is 31.0 Å². The molecular formula is C15H20F3N3OS. The Morgan fingerprint density at radius 2 is 2.26 bits per heavy atom. The fourth-order valence-electron chi connectivity index (χ4n) is 2.33. The van der Waals surface area contributed by atoms with E-state index in [9.17, 15) is 13.2 Å². The highest BCUT2D eigenvalue weighted by Crippen LogP contribution is 2.25. The number of guanidine groups is 1. The molecule has 1 fully saturated rings. The van der Waals surface area contributed by atoms with Crippen LogP contribution in [-0.4, -0.2) is 37.2 Å². The molecule has 0 bridgehead atoms. The van der Waals surface area contributed by atoms with Crippen LogP contribution in [0.5, 0.6) is 5.75 Å². The van der Waals surface area contributed by atoms with Crippen LogP contribution >= 0.6 is 11.8 Å². The zero-order valence-corrected chi connectivity index (χ0v) is 13.6. The number of nitrogens with one attached hydrogen (secondary N) is 2. The first kappa shape index (κ1) is 17.8. The summed E-state index contributed by atoms with van der Waals surface area (Å²) in [5.74, 6) is 0.901. The molecule has 4 nitrogen and oxygen atoms in total. The molecule has 1 atom stereocenters. The fraction of sp³-hybridized carbons (Fsp3) is 0.533. The molecule has 0 aliphatic carbocycles. The first-order valence-corrected chi connectivity index (χ1v) is 8.43. The summed E-state index contributed by atoms with van der Waals surface area (Å²) >= 11 is 1.91. The van der Waals surface area contributed by atoms with Crippen molar-refractivity contribution in [3.8, 4) is 5.75 Å². The molecular weight excluding hydrogens is 327 g/mol. The largest absolute Gasteiger partial charge is 0.434 e. The van der Waals surface area contributed by atoms with Crippen LogP contribution in [0.1, 0.15) is 18.4 Å². The molecule has 1 heterocycles. The van der Waals surface area contributed by atoms with Crippen LogP contribution in [-0.2, 0) is 6.54 Å². The van der Waals surface area contributed by atoms with E-state index >= 15 is 0 Å². The maximum absolute atomic E-state index is 13.9. The Morgan fingerprint density at radius 1 is 1.43 bits per heavy atom. The Morgan fingerprint density at radius 3 is 2.91 bits per heavy atom. The third-order valence-corrected chi connectivity index (χ3v) is 4.87. The predicted molar refractivity (Wildman–Crippen MR) is 86.7 cm³/mol. The van der Waals surface area contributed by atoms with Crippen molar-refractivity contribution in [2.45, 2.75) is 31.2 Å². The predicted octanol–water partition coefficient (Wildman–Crippen LogP) is 2.99. The molecule has 2 rings (SSSR count). The fourth-order valence-corrected chi connectivity index (χ4v) is 3.53. The van der Waals surface area contributed by atoms with Crippen LogP contribution < -0.4 is 15.4 Å². The van der Waals surface area contributed by atoms with Crippen molar-refractivity contribution in [3.05, 3.63) is 29.6 Å². The van der Waals surface area contributed by atoms with Crippen molar-refractivity contribution in [1.29, 1.82) is 0 Å². The highest BCUT2D eigenvalue weighted by atomic mass is 32.2. The molecule has 1 aliphatic heterocycles. The summed E-state index contributed by atoms with van der Waals surface area (Å²) in [6.07, 6.45) is 2.38. The smallest absolute Gasteiger partial charge is 0.387 e. The standard InChI is InChI=1S/C15H20F3N3OS/c1-19-15(20-8-10-4-3-7-23-10)21-9-11-12(16)5-2-6-13(11)22-14(17)18/h2,5-6,10,14H,3-4,7-9H2,1H3,(H2,19,20,21). The van der Waals surface area contributed by atoms with E-state index in [1.54, 1.807) is 7.05 Å². The SMILES string of the molecule is CN=C(NCc1c(F)cccc1OC(F)F)NCC1CCCS1. The average molecular weight is 347 g/mol. The van der Waals surface area contributed by atoms with Gasteiger partial charge >= 0.3 is 6.61 Å². The summed E-state index contributed by atoms with van der Waals surface area (Å²) in [4.78, 5) is 4.06. The number of rotatable bonds is 6. The number of ether oxygens (including phenoxy) is 1. The highest BCUT2D eigenvalue weighted by molar-refractivity contribution is 8.00. The topological polar surface area (TPSA) is 45.7 Å². The third-order valence-electron chi connectivity index (χ3n) is 3.47. The molecule has 23 heavy (non-hydrogen) atoms. The van der Waals surface area contributed by atoms with Gasteiger partial charge in [-0.3, -0.25) is 4.99 Å². The van der Waals surface area contributed by atoms with Crippen LogP contribution in [0.4, 0.5) is 13.2 Å². The number of nitrogens with zero attached hydrogens (tertiary/aromatic N) is 1. The van der Waals surface area contributed by atoms with E-state index in [1.807, 2.05) is 11.8 Å². The zero-order chi connectivity index (χ0) is 16.7. The van der Waals surface area contributed by atoms with Crippen LogP contribution in [0.15, 0.2) is 23.2 Å². The van der Waals surface area contributed by atoms with E-state index in [1.165, 1.54) is 30.4 Å². The van der Waals surface area contributed by atoms with Gasteiger partial charge in [-0.1, -0.05) is 6.07 Å². The molecule has 2 N–H and O–H groups in total. The van der Waals surface area contributed by atoms with E-state index in [2.05, 4.69) is 20.4 Å². The lowest BCUT2D eigenvalue weighted by molar-refractivity contribution is -0.0506. The first-order chi connectivity index (χ1) is 11.1. The van der Waals surface area contributed by atoms with E-state index in [-0.39, 0.29) is 17.9 Å². The minimum absolute atomic E-state index is 0.00616. The zero-order valence-electron chi connectivity index (χ0n) is 12.8. The monoisotopic (exact) mass is 347 g/mol. The van der Waals surface area contributed by atoms with Crippen LogP contribution in [0.3, 0.4) is 0 Å². The number of halogens is 3. The Hall–Kier alpha value is -1.57. The summed E-state index contributed by atoms with van der Waals surface area (Å²) in [6, 6.07) is 3.86. The van der Waals surface area contributed by atoms with Gasteiger partial charge in [0.1, 0.15) is 11.6 Å². The van der Waals surface area contributed by atoms with Crippen LogP contribution in [0.2, 0.25) is 0 Å². The molecule has 1 aliphatic rings. The summed E-state index contributed by atoms with van der Waals surface area (Å²) in [5.41, 5.74) is 0.0472. The quantitative estimate of drug-likeness (QED) is 0.613. The lowest BCUT2D eigenvalue weighted by Gasteiger charge is -2.16. The third kappa shape index (κ3) is 5.53. The van der Waals surface area contributed by atoms with Crippen molar-refractivity contribution in [2.75, 3.05) is 19.3 Å². The minimum Gasteiger partial charge on any atom is -0.434 e. The number of thioether (sulfide) groups is 1. The lowest BCUT2D eigenvalue weighted by Crippen LogP contribution is -2.40. The van der Waals surface area contributed by atoms with Gasteiger partial charge < -0.3 is 15.4 Å². The number of alkyl halides is 2. The number of benzene rings is 1. The summed E-state index contributed by atoms with van der Waals surface area (Å²) in [7, 11) is 1.61. The van der Waals surface area contributed by atoms with Crippen molar-refractivity contribution in [1.82, 2.24) is 10.6 Å². The van der Waals surface area contributed by atoms with E-state index in [0.717, 1.165) is 13.0 Å². The summed E-state index contributed by atoms with van der Waals surface area (Å²) in [5, 5.41) is 6.64. The van der Waals surface area contributed by atoms with Gasteiger partial charge in [0.25, 0.3) is 0 Å². The van der Waals surface area contributed by atoms with Crippen LogP contribution in [0, 0.1) is 5.82 Å². The Labute approximate surface area is 137 Å². The minimum atomic E-state index is -2.99. The van der Waals surface area contributed by atoms with Gasteiger partial charge in [-0.05, 0) is 30.7 Å². The Kier molecular flexibility index (Phi) is 6.88. The average Bonchev–Trinajstić information content (AvgIpc) is 3.02. The molecule has 0 spiro atoms. The van der Waals surface area contributed by atoms with Gasteiger partial charge in [0.15, 0.2) is 5.96 Å². The second-order valence-electron chi connectivity index (χ2n) is 5.04. The summed E-state index contributed by atoms with van der Waals surface area (Å²) in [6.45, 7) is -2.22. The normalized spacial score (nSPS) is 18.3. The molecule has 0 radical (unpaired) electrons. The Balaban J connectivity index is 1.92. The van der Waals surface area contributed by atoms with E-state index < -0.39 is 12.4 Å². The molecule has 128 valence electrons. The van der Waals surface area contributed by atoms with Gasteiger partial charge in [-0.25, -0.2) is 4.39 Å². The van der Waals surface area contributed by atoms with Crippen molar-refractivity contribution >= 4 is 17.7 Å². The molecule has 0 amide bonds. The first-order valence-electron chi connectivity index (χ1n) is 7.38. The van der Waals surface area contributed by atoms with Crippen molar-refractivity contribution in [3.63, 3.8) is 0 Å². The number of aliphatic imine (C=N–C) groups is 1.